The van der Waals surface area contributed by atoms with Crippen LogP contribution in [0.15, 0.2) is 54.1 Å². The Bertz CT molecular complexity index is 962. The number of amides is 1. The van der Waals surface area contributed by atoms with Crippen LogP contribution in [0.1, 0.15) is 36.1 Å². The summed E-state index contributed by atoms with van der Waals surface area (Å²) in [7, 11) is 3.83. The van der Waals surface area contributed by atoms with Crippen molar-refractivity contribution in [2.75, 3.05) is 33.8 Å². The molecule has 0 unspecified atom stereocenters. The van der Waals surface area contributed by atoms with Crippen molar-refractivity contribution in [2.24, 2.45) is 0 Å². The van der Waals surface area contributed by atoms with Gasteiger partial charge in [-0.15, -0.1) is 0 Å². The fourth-order valence-corrected chi connectivity index (χ4v) is 3.60. The average molecular weight is 423 g/mol. The molecule has 1 atom stereocenters. The molecule has 164 valence electrons. The first-order valence-electron chi connectivity index (χ1n) is 10.6. The molecule has 1 amide bonds. The number of likely N-dealkylation sites (tertiary alicyclic amines) is 1. The molecule has 1 N–H and O–H groups in total. The Kier molecular flexibility index (Phi) is 7.13. The van der Waals surface area contributed by atoms with Crippen molar-refractivity contribution in [2.45, 2.75) is 26.3 Å². The van der Waals surface area contributed by atoms with Gasteiger partial charge in [-0.1, -0.05) is 36.8 Å². The van der Waals surface area contributed by atoms with Gasteiger partial charge in [-0.2, -0.15) is 0 Å². The molecule has 3 rings (SSSR count). The summed E-state index contributed by atoms with van der Waals surface area (Å²) in [5.41, 5.74) is 2.48. The van der Waals surface area contributed by atoms with Crippen molar-refractivity contribution in [1.82, 2.24) is 9.80 Å². The third-order valence-electron chi connectivity index (χ3n) is 5.32. The number of aryl methyl sites for hydroxylation is 1. The lowest BCUT2D eigenvalue weighted by atomic mass is 9.94. The lowest BCUT2D eigenvalue weighted by molar-refractivity contribution is -0.140. The summed E-state index contributed by atoms with van der Waals surface area (Å²) in [6.45, 7) is 5.61. The van der Waals surface area contributed by atoms with Crippen LogP contribution in [-0.4, -0.2) is 60.4 Å². The number of rotatable bonds is 8. The third-order valence-corrected chi connectivity index (χ3v) is 5.32. The van der Waals surface area contributed by atoms with E-state index in [1.54, 1.807) is 29.2 Å². The van der Waals surface area contributed by atoms with Gasteiger partial charge in [0.1, 0.15) is 11.5 Å². The van der Waals surface area contributed by atoms with Gasteiger partial charge in [0.05, 0.1) is 18.2 Å². The van der Waals surface area contributed by atoms with Gasteiger partial charge in [0.25, 0.3) is 11.7 Å². The molecule has 2 aromatic rings. The van der Waals surface area contributed by atoms with Crippen molar-refractivity contribution in [1.29, 1.82) is 0 Å². The van der Waals surface area contributed by atoms with Gasteiger partial charge in [0.2, 0.25) is 0 Å². The van der Waals surface area contributed by atoms with Crippen LogP contribution in [0.4, 0.5) is 0 Å². The maximum Gasteiger partial charge on any atom is 0.295 e. The number of aliphatic hydroxyl groups excluding tert-OH is 1. The van der Waals surface area contributed by atoms with Gasteiger partial charge < -0.3 is 19.6 Å². The highest BCUT2D eigenvalue weighted by atomic mass is 16.5. The maximum absolute atomic E-state index is 13.0. The third kappa shape index (κ3) is 4.97. The molecular formula is C25H30N2O4. The number of ketones is 1. The van der Waals surface area contributed by atoms with E-state index in [-0.39, 0.29) is 11.3 Å². The summed E-state index contributed by atoms with van der Waals surface area (Å²) in [6, 6.07) is 14.0. The first-order chi connectivity index (χ1) is 14.8. The monoisotopic (exact) mass is 422 g/mol. The first-order valence-corrected chi connectivity index (χ1v) is 10.6. The number of carbonyl (C=O) groups excluding carboxylic acids is 2. The molecule has 1 heterocycles. The van der Waals surface area contributed by atoms with Crippen LogP contribution in [0, 0.1) is 6.92 Å². The minimum Gasteiger partial charge on any atom is -0.507 e. The van der Waals surface area contributed by atoms with Crippen LogP contribution in [0.2, 0.25) is 0 Å². The summed E-state index contributed by atoms with van der Waals surface area (Å²) >= 11 is 0. The van der Waals surface area contributed by atoms with E-state index in [1.165, 1.54) is 0 Å². The highest BCUT2D eigenvalue weighted by molar-refractivity contribution is 6.46. The molecule has 0 aromatic heterocycles. The summed E-state index contributed by atoms with van der Waals surface area (Å²) in [5.74, 6) is -0.719. The Balaban J connectivity index is 2.04. The summed E-state index contributed by atoms with van der Waals surface area (Å²) in [4.78, 5) is 29.4. The lowest BCUT2D eigenvalue weighted by Gasteiger charge is -2.26. The summed E-state index contributed by atoms with van der Waals surface area (Å²) < 4.78 is 5.59. The number of aliphatic hydroxyl groups is 1. The highest BCUT2D eigenvalue weighted by Crippen LogP contribution is 2.39. The van der Waals surface area contributed by atoms with E-state index in [0.29, 0.717) is 31.0 Å². The van der Waals surface area contributed by atoms with Crippen LogP contribution in [0.5, 0.6) is 5.75 Å². The Hall–Kier alpha value is -3.12. The van der Waals surface area contributed by atoms with Gasteiger partial charge in [0, 0.05) is 18.7 Å². The van der Waals surface area contributed by atoms with Crippen molar-refractivity contribution in [3.63, 3.8) is 0 Å². The molecule has 1 aliphatic heterocycles. The predicted molar refractivity (Wildman–Crippen MR) is 121 cm³/mol. The van der Waals surface area contributed by atoms with Gasteiger partial charge in [0.15, 0.2) is 0 Å². The number of hydrogen-bond acceptors (Lipinski definition) is 5. The number of hydrogen-bond donors (Lipinski definition) is 1. The summed E-state index contributed by atoms with van der Waals surface area (Å²) in [6.07, 6.45) is 0.897. The van der Waals surface area contributed by atoms with E-state index in [4.69, 9.17) is 4.74 Å². The van der Waals surface area contributed by atoms with Gasteiger partial charge in [-0.25, -0.2) is 0 Å². The zero-order valence-corrected chi connectivity index (χ0v) is 18.6. The molecule has 31 heavy (non-hydrogen) atoms. The molecular weight excluding hydrogens is 392 g/mol. The van der Waals surface area contributed by atoms with E-state index < -0.39 is 17.7 Å². The Labute approximate surface area is 183 Å². The van der Waals surface area contributed by atoms with E-state index in [2.05, 4.69) is 0 Å². The van der Waals surface area contributed by atoms with E-state index >= 15 is 0 Å². The number of likely N-dealkylation sites (N-methyl/N-ethyl adjacent to an activating group) is 1. The van der Waals surface area contributed by atoms with E-state index in [1.807, 2.05) is 57.1 Å². The summed E-state index contributed by atoms with van der Waals surface area (Å²) in [5, 5.41) is 11.1. The second-order valence-corrected chi connectivity index (χ2v) is 8.08. The van der Waals surface area contributed by atoms with Crippen LogP contribution < -0.4 is 4.74 Å². The number of ether oxygens (including phenoxy) is 1. The smallest absolute Gasteiger partial charge is 0.295 e. The standard InChI is InChI=1S/C25H30N2O4/c1-5-16-31-20-12-10-19(11-13-20)23(28)21-22(18-8-6-17(2)7-9-18)27(15-14-26(3)4)25(30)24(21)29/h6-13,22,28H,5,14-16H2,1-4H3/t22-/m0/s1. The Morgan fingerprint density at radius 3 is 2.29 bits per heavy atom. The Morgan fingerprint density at radius 2 is 1.71 bits per heavy atom. The van der Waals surface area contributed by atoms with Gasteiger partial charge >= 0.3 is 0 Å². The van der Waals surface area contributed by atoms with Gasteiger partial charge in [-0.05, 0) is 57.3 Å². The van der Waals surface area contributed by atoms with Crippen molar-refractivity contribution in [3.05, 3.63) is 70.8 Å². The molecule has 0 aliphatic carbocycles. The number of Topliss-reactive ketones (excluding diaryl/α,β-unsaturated/α-hetero) is 1. The van der Waals surface area contributed by atoms with E-state index in [0.717, 1.165) is 17.5 Å². The molecule has 1 saturated heterocycles. The molecule has 1 aliphatic rings. The minimum absolute atomic E-state index is 0.120. The maximum atomic E-state index is 13.0. The fourth-order valence-electron chi connectivity index (χ4n) is 3.60. The van der Waals surface area contributed by atoms with Crippen LogP contribution >= 0.6 is 0 Å². The molecule has 6 heteroatoms. The minimum atomic E-state index is -0.659. The van der Waals surface area contributed by atoms with Crippen LogP contribution in [0.25, 0.3) is 5.76 Å². The Morgan fingerprint density at radius 1 is 1.06 bits per heavy atom. The number of benzene rings is 2. The normalized spacial score (nSPS) is 18.1. The number of carbonyl (C=O) groups is 2. The van der Waals surface area contributed by atoms with E-state index in [9.17, 15) is 14.7 Å². The topological polar surface area (TPSA) is 70.1 Å². The predicted octanol–water partition coefficient (Wildman–Crippen LogP) is 3.77. The average Bonchev–Trinajstić information content (AvgIpc) is 3.01. The van der Waals surface area contributed by atoms with Crippen molar-refractivity contribution < 1.29 is 19.4 Å². The largest absolute Gasteiger partial charge is 0.507 e. The fraction of sp³-hybridized carbons (Fsp3) is 0.360. The molecule has 1 fully saturated rings. The zero-order chi connectivity index (χ0) is 22.5. The van der Waals surface area contributed by atoms with Crippen molar-refractivity contribution in [3.8, 4) is 5.75 Å². The second kappa shape index (κ2) is 9.79. The molecule has 6 nitrogen and oxygen atoms in total. The molecule has 0 bridgehead atoms. The molecule has 2 aromatic carbocycles. The first kappa shape index (κ1) is 22.6. The van der Waals surface area contributed by atoms with Gasteiger partial charge in [-0.3, -0.25) is 9.59 Å². The SMILES string of the molecule is CCCOc1ccc(C(O)=C2C(=O)C(=O)N(CCN(C)C)[C@H]2c2ccc(C)cc2)cc1. The second-order valence-electron chi connectivity index (χ2n) is 8.08. The number of nitrogens with zero attached hydrogens (tertiary/aromatic N) is 2. The van der Waals surface area contributed by atoms with Crippen LogP contribution in [0.3, 0.4) is 0 Å². The zero-order valence-electron chi connectivity index (χ0n) is 18.6. The lowest BCUT2D eigenvalue weighted by Crippen LogP contribution is -2.35. The quantitative estimate of drug-likeness (QED) is 0.398. The molecule has 0 radical (unpaired) electrons. The van der Waals surface area contributed by atoms with Crippen molar-refractivity contribution >= 4 is 17.4 Å². The highest BCUT2D eigenvalue weighted by Gasteiger charge is 2.45. The molecule has 0 spiro atoms. The van der Waals surface area contributed by atoms with Crippen LogP contribution in [-0.2, 0) is 9.59 Å². The molecule has 0 saturated carbocycles.